The van der Waals surface area contributed by atoms with E-state index in [-0.39, 0.29) is 36.2 Å². The van der Waals surface area contributed by atoms with Crippen LogP contribution in [-0.4, -0.2) is 80.6 Å². The summed E-state index contributed by atoms with van der Waals surface area (Å²) in [5, 5.41) is 9.63. The number of carbonyl (C=O) groups excluding carboxylic acids is 2. The fourth-order valence-electron chi connectivity index (χ4n) is 7.00. The van der Waals surface area contributed by atoms with Gasteiger partial charge in [0.1, 0.15) is 6.61 Å². The summed E-state index contributed by atoms with van der Waals surface area (Å²) in [6, 6.07) is -0.616. The topological polar surface area (TPSA) is 99.1 Å². The molecule has 0 bridgehead atoms. The molecule has 0 amide bonds. The SMILES string of the molecule is CCCCC/C=C/CCCCCCCC(=O)OCC(COCCC(C(=O)O)[N+](C)(C)C)OC(=O)CCCCCCCCC/C=C/C/C=C/CCCCCCCCCC. The third-order valence-electron chi connectivity index (χ3n) is 10.8. The predicted octanol–water partition coefficient (Wildman–Crippen LogP) is 13.4. The van der Waals surface area contributed by atoms with Gasteiger partial charge in [-0.2, -0.15) is 0 Å². The lowest BCUT2D eigenvalue weighted by atomic mass is 10.1. The molecule has 0 heterocycles. The Labute approximate surface area is 357 Å². The second kappa shape index (κ2) is 41.3. The minimum Gasteiger partial charge on any atom is -0.477 e. The second-order valence-electron chi connectivity index (χ2n) is 17.4. The number of hydrogen-bond donors (Lipinski definition) is 1. The highest BCUT2D eigenvalue weighted by Gasteiger charge is 2.31. The number of carbonyl (C=O) groups is 3. The zero-order chi connectivity index (χ0) is 42.8. The first-order valence-corrected chi connectivity index (χ1v) is 24.0. The molecule has 0 fully saturated rings. The summed E-state index contributed by atoms with van der Waals surface area (Å²) in [7, 11) is 5.53. The van der Waals surface area contributed by atoms with E-state index in [4.69, 9.17) is 14.2 Å². The average molecular weight is 819 g/mol. The van der Waals surface area contributed by atoms with Crippen molar-refractivity contribution in [2.75, 3.05) is 41.0 Å². The number of likely N-dealkylation sites (N-methyl/N-ethyl adjacent to an activating group) is 1. The molecule has 0 aliphatic heterocycles. The molecule has 8 heteroatoms. The Morgan fingerprint density at radius 1 is 0.517 bits per heavy atom. The third kappa shape index (κ3) is 39.0. The van der Waals surface area contributed by atoms with Gasteiger partial charge in [0.15, 0.2) is 12.1 Å². The Kier molecular flexibility index (Phi) is 39.5. The molecular weight excluding hydrogens is 727 g/mol. The molecular formula is C50H92NO7+. The molecule has 8 nitrogen and oxygen atoms in total. The van der Waals surface area contributed by atoms with Crippen LogP contribution in [-0.2, 0) is 28.6 Å². The van der Waals surface area contributed by atoms with Crippen LogP contribution in [0.1, 0.15) is 213 Å². The minimum atomic E-state index is -0.877. The van der Waals surface area contributed by atoms with Crippen molar-refractivity contribution in [1.29, 1.82) is 0 Å². The van der Waals surface area contributed by atoms with Crippen LogP contribution in [0, 0.1) is 0 Å². The molecule has 338 valence electrons. The van der Waals surface area contributed by atoms with E-state index in [1.807, 2.05) is 21.1 Å². The summed E-state index contributed by atoms with van der Waals surface area (Å²) in [6.45, 7) is 4.70. The Balaban J connectivity index is 4.26. The highest BCUT2D eigenvalue weighted by atomic mass is 16.6. The Morgan fingerprint density at radius 3 is 1.38 bits per heavy atom. The van der Waals surface area contributed by atoms with Crippen molar-refractivity contribution in [3.8, 4) is 0 Å². The number of hydrogen-bond acceptors (Lipinski definition) is 6. The van der Waals surface area contributed by atoms with Gasteiger partial charge in [-0.15, -0.1) is 0 Å². The largest absolute Gasteiger partial charge is 0.477 e. The lowest BCUT2D eigenvalue weighted by Gasteiger charge is -2.31. The normalized spacial score (nSPS) is 13.2. The first-order chi connectivity index (χ1) is 28.1. The molecule has 0 aromatic carbocycles. The number of unbranched alkanes of at least 4 members (excludes halogenated alkanes) is 23. The molecule has 0 aromatic heterocycles. The smallest absolute Gasteiger partial charge is 0.362 e. The van der Waals surface area contributed by atoms with Gasteiger partial charge >= 0.3 is 17.9 Å². The summed E-state index contributed by atoms with van der Waals surface area (Å²) in [6.07, 6.45) is 47.6. The Bertz CT molecular complexity index is 1050. The molecule has 0 aliphatic rings. The zero-order valence-corrected chi connectivity index (χ0v) is 38.5. The van der Waals surface area contributed by atoms with Gasteiger partial charge in [0.05, 0.1) is 34.4 Å². The van der Waals surface area contributed by atoms with Crippen molar-refractivity contribution < 1.29 is 38.2 Å². The molecule has 1 N–H and O–H groups in total. The van der Waals surface area contributed by atoms with Crippen molar-refractivity contribution in [2.45, 2.75) is 225 Å². The molecule has 0 saturated carbocycles. The van der Waals surface area contributed by atoms with Crippen molar-refractivity contribution in [1.82, 2.24) is 0 Å². The van der Waals surface area contributed by atoms with E-state index in [0.29, 0.717) is 19.3 Å². The van der Waals surface area contributed by atoms with Gasteiger partial charge in [-0.25, -0.2) is 4.79 Å². The lowest BCUT2D eigenvalue weighted by molar-refractivity contribution is -0.887. The number of quaternary nitrogens is 1. The molecule has 0 rings (SSSR count). The number of rotatable bonds is 43. The number of aliphatic carboxylic acids is 1. The molecule has 58 heavy (non-hydrogen) atoms. The number of esters is 2. The van der Waals surface area contributed by atoms with E-state index in [2.05, 4.69) is 50.3 Å². The molecule has 0 saturated heterocycles. The first-order valence-electron chi connectivity index (χ1n) is 24.0. The summed E-state index contributed by atoms with van der Waals surface area (Å²) in [5.41, 5.74) is 0. The number of carboxylic acids is 1. The van der Waals surface area contributed by atoms with Crippen LogP contribution >= 0.6 is 0 Å². The van der Waals surface area contributed by atoms with Crippen LogP contribution in [0.15, 0.2) is 36.5 Å². The molecule has 2 atom stereocenters. The van der Waals surface area contributed by atoms with E-state index >= 15 is 0 Å². The van der Waals surface area contributed by atoms with E-state index in [0.717, 1.165) is 64.2 Å². The van der Waals surface area contributed by atoms with Crippen molar-refractivity contribution in [3.05, 3.63) is 36.5 Å². The summed E-state index contributed by atoms with van der Waals surface area (Å²) < 4.78 is 17.3. The standard InChI is InChI=1S/C50H91NO7/c1-6-8-10-12-14-16-18-20-21-22-23-24-25-26-27-28-29-31-33-35-37-39-41-49(53)58-46(44-56-43-42-47(50(54)55)51(3,4)5)45-57-48(52)40-38-36-34-32-30-19-17-15-13-11-9-7-2/h15,17,22-23,25-26,46-47H,6-14,16,18-21,24,27-45H2,1-5H3/p+1/b17-15+,23-22+,26-25+. The first kappa shape index (κ1) is 55.5. The lowest BCUT2D eigenvalue weighted by Crippen LogP contribution is -2.50. The van der Waals surface area contributed by atoms with Gasteiger partial charge in [-0.3, -0.25) is 9.59 Å². The summed E-state index contributed by atoms with van der Waals surface area (Å²) in [4.78, 5) is 37.0. The summed E-state index contributed by atoms with van der Waals surface area (Å²) in [5.74, 6) is -1.48. The maximum absolute atomic E-state index is 12.8. The Morgan fingerprint density at radius 2 is 0.914 bits per heavy atom. The highest BCUT2D eigenvalue weighted by Crippen LogP contribution is 2.14. The third-order valence-corrected chi connectivity index (χ3v) is 10.8. The maximum atomic E-state index is 12.8. The van der Waals surface area contributed by atoms with Crippen LogP contribution in [0.2, 0.25) is 0 Å². The van der Waals surface area contributed by atoms with Crippen molar-refractivity contribution in [2.24, 2.45) is 0 Å². The highest BCUT2D eigenvalue weighted by molar-refractivity contribution is 5.72. The number of allylic oxidation sites excluding steroid dienone is 6. The van der Waals surface area contributed by atoms with Gasteiger partial charge in [-0.05, 0) is 70.6 Å². The Hall–Kier alpha value is -2.45. The number of carboxylic acid groups (broad SMARTS) is 1. The molecule has 0 radical (unpaired) electrons. The van der Waals surface area contributed by atoms with Gasteiger partial charge in [0.2, 0.25) is 0 Å². The average Bonchev–Trinajstić information content (AvgIpc) is 3.18. The second-order valence-corrected chi connectivity index (χ2v) is 17.4. The molecule has 2 unspecified atom stereocenters. The van der Waals surface area contributed by atoms with Crippen molar-refractivity contribution in [3.63, 3.8) is 0 Å². The summed E-state index contributed by atoms with van der Waals surface area (Å²) >= 11 is 0. The van der Waals surface area contributed by atoms with Crippen LogP contribution < -0.4 is 0 Å². The van der Waals surface area contributed by atoms with Crippen molar-refractivity contribution >= 4 is 17.9 Å². The van der Waals surface area contributed by atoms with Gasteiger partial charge in [0.25, 0.3) is 0 Å². The fourth-order valence-corrected chi connectivity index (χ4v) is 7.00. The minimum absolute atomic E-state index is 0.0563. The van der Waals surface area contributed by atoms with Crippen LogP contribution in [0.25, 0.3) is 0 Å². The van der Waals surface area contributed by atoms with Gasteiger partial charge < -0.3 is 23.8 Å². The molecule has 0 spiro atoms. The zero-order valence-electron chi connectivity index (χ0n) is 38.5. The molecule has 0 aliphatic carbocycles. The maximum Gasteiger partial charge on any atom is 0.362 e. The van der Waals surface area contributed by atoms with E-state index in [1.54, 1.807) is 0 Å². The predicted molar refractivity (Wildman–Crippen MR) is 243 cm³/mol. The molecule has 0 aromatic rings. The van der Waals surface area contributed by atoms with Gasteiger partial charge in [-0.1, -0.05) is 159 Å². The van der Waals surface area contributed by atoms with Crippen LogP contribution in [0.3, 0.4) is 0 Å². The number of ether oxygens (including phenoxy) is 3. The monoisotopic (exact) mass is 819 g/mol. The van der Waals surface area contributed by atoms with E-state index in [9.17, 15) is 19.5 Å². The van der Waals surface area contributed by atoms with Crippen LogP contribution in [0.4, 0.5) is 0 Å². The van der Waals surface area contributed by atoms with E-state index in [1.165, 1.54) is 116 Å². The van der Waals surface area contributed by atoms with Crippen LogP contribution in [0.5, 0.6) is 0 Å². The van der Waals surface area contributed by atoms with E-state index < -0.39 is 18.1 Å². The van der Waals surface area contributed by atoms with Gasteiger partial charge in [0, 0.05) is 19.3 Å². The number of nitrogens with zero attached hydrogens (tertiary/aromatic N) is 1. The fraction of sp³-hybridized carbons (Fsp3) is 0.820. The quantitative estimate of drug-likeness (QED) is 0.0283.